The van der Waals surface area contributed by atoms with E-state index in [1.54, 1.807) is 0 Å². The van der Waals surface area contributed by atoms with Crippen molar-refractivity contribution in [3.8, 4) is 0 Å². The lowest BCUT2D eigenvalue weighted by molar-refractivity contribution is -0.138. The van der Waals surface area contributed by atoms with Crippen LogP contribution in [0.5, 0.6) is 0 Å². The normalized spacial score (nSPS) is 26.3. The first-order chi connectivity index (χ1) is 6.77. The summed E-state index contributed by atoms with van der Waals surface area (Å²) in [5.74, 6) is -0.809. The maximum Gasteiger partial charge on any atom is 0.322 e. The van der Waals surface area contributed by atoms with Crippen LogP contribution in [0.4, 0.5) is 0 Å². The van der Waals surface area contributed by atoms with Crippen LogP contribution in [-0.2, 0) is 4.79 Å². The van der Waals surface area contributed by atoms with Crippen LogP contribution in [0, 0.1) is 0 Å². The molecule has 0 aliphatic carbocycles. The number of carboxylic acids is 1. The second kappa shape index (κ2) is 3.77. The third-order valence-electron chi connectivity index (χ3n) is 2.32. The van der Waals surface area contributed by atoms with Crippen LogP contribution in [0.15, 0.2) is 30.3 Å². The Morgan fingerprint density at radius 3 is 2.64 bits per heavy atom. The third-order valence-corrected chi connectivity index (χ3v) is 2.32. The Morgan fingerprint density at radius 2 is 2.07 bits per heavy atom. The summed E-state index contributed by atoms with van der Waals surface area (Å²) in [4.78, 5) is 10.7. The van der Waals surface area contributed by atoms with Gasteiger partial charge in [-0.05, 0) is 5.56 Å². The van der Waals surface area contributed by atoms with E-state index in [0.29, 0.717) is 6.54 Å². The summed E-state index contributed by atoms with van der Waals surface area (Å²) >= 11 is 0. The highest BCUT2D eigenvalue weighted by molar-refractivity contribution is 5.74. The highest BCUT2D eigenvalue weighted by Gasteiger charge is 2.28. The maximum absolute atomic E-state index is 10.7. The molecule has 1 aromatic carbocycles. The van der Waals surface area contributed by atoms with E-state index in [1.807, 2.05) is 30.3 Å². The Morgan fingerprint density at radius 1 is 1.36 bits per heavy atom. The molecule has 2 rings (SSSR count). The Hall–Kier alpha value is -1.39. The van der Waals surface area contributed by atoms with E-state index in [9.17, 15) is 4.79 Å². The molecule has 1 aromatic rings. The summed E-state index contributed by atoms with van der Waals surface area (Å²) in [5, 5.41) is 14.9. The predicted molar refractivity (Wildman–Crippen MR) is 51.7 cm³/mol. The lowest BCUT2D eigenvalue weighted by Gasteiger charge is -2.11. The summed E-state index contributed by atoms with van der Waals surface area (Å²) in [5.41, 5.74) is 1.07. The van der Waals surface area contributed by atoms with Crippen molar-refractivity contribution in [3.63, 3.8) is 0 Å². The van der Waals surface area contributed by atoms with Crippen LogP contribution in [0.25, 0.3) is 0 Å². The molecule has 4 heteroatoms. The van der Waals surface area contributed by atoms with E-state index in [2.05, 4.69) is 10.6 Å². The van der Waals surface area contributed by atoms with Gasteiger partial charge >= 0.3 is 5.97 Å². The van der Waals surface area contributed by atoms with Crippen molar-refractivity contribution in [3.05, 3.63) is 35.9 Å². The zero-order valence-corrected chi connectivity index (χ0v) is 7.60. The molecular weight excluding hydrogens is 180 g/mol. The van der Waals surface area contributed by atoms with Crippen molar-refractivity contribution < 1.29 is 9.90 Å². The SMILES string of the molecule is O=C(O)[C@@H]1CNC(c2ccccc2)N1. The Bertz CT molecular complexity index is 326. The van der Waals surface area contributed by atoms with Gasteiger partial charge in [-0.25, -0.2) is 0 Å². The minimum atomic E-state index is -0.809. The minimum absolute atomic E-state index is 0.0442. The number of benzene rings is 1. The van der Waals surface area contributed by atoms with Gasteiger partial charge in [-0.2, -0.15) is 0 Å². The molecule has 0 spiro atoms. The molecule has 74 valence electrons. The molecule has 0 bridgehead atoms. The summed E-state index contributed by atoms with van der Waals surface area (Å²) in [6.45, 7) is 0.467. The molecule has 1 saturated heterocycles. The number of hydrogen-bond donors (Lipinski definition) is 3. The Balaban J connectivity index is 2.06. The fourth-order valence-corrected chi connectivity index (χ4v) is 1.57. The first kappa shape index (κ1) is 9.18. The summed E-state index contributed by atoms with van der Waals surface area (Å²) in [7, 11) is 0. The average molecular weight is 192 g/mol. The quantitative estimate of drug-likeness (QED) is 0.632. The molecular formula is C10H12N2O2. The molecule has 2 atom stereocenters. The van der Waals surface area contributed by atoms with E-state index < -0.39 is 12.0 Å². The number of carbonyl (C=O) groups is 1. The van der Waals surface area contributed by atoms with Gasteiger partial charge in [-0.1, -0.05) is 30.3 Å². The second-order valence-corrected chi connectivity index (χ2v) is 3.31. The van der Waals surface area contributed by atoms with Crippen LogP contribution >= 0.6 is 0 Å². The molecule has 1 unspecified atom stereocenters. The zero-order valence-electron chi connectivity index (χ0n) is 7.60. The van der Waals surface area contributed by atoms with Crippen molar-refractivity contribution in [2.75, 3.05) is 6.54 Å². The van der Waals surface area contributed by atoms with E-state index in [1.165, 1.54) is 0 Å². The standard InChI is InChI=1S/C10H12N2O2/c13-10(14)8-6-11-9(12-8)7-4-2-1-3-5-7/h1-5,8-9,11-12H,6H2,(H,13,14)/t8-,9?/m0/s1. The molecule has 4 nitrogen and oxygen atoms in total. The molecule has 3 N–H and O–H groups in total. The topological polar surface area (TPSA) is 61.4 Å². The van der Waals surface area contributed by atoms with Crippen LogP contribution in [0.2, 0.25) is 0 Å². The largest absolute Gasteiger partial charge is 0.480 e. The molecule has 1 aliphatic rings. The van der Waals surface area contributed by atoms with Crippen molar-refractivity contribution in [2.45, 2.75) is 12.2 Å². The summed E-state index contributed by atoms with van der Waals surface area (Å²) in [6.07, 6.45) is -0.0442. The maximum atomic E-state index is 10.7. The van der Waals surface area contributed by atoms with Gasteiger partial charge in [0.2, 0.25) is 0 Å². The fourth-order valence-electron chi connectivity index (χ4n) is 1.57. The first-order valence-electron chi connectivity index (χ1n) is 4.54. The number of carboxylic acid groups (broad SMARTS) is 1. The van der Waals surface area contributed by atoms with E-state index >= 15 is 0 Å². The number of aliphatic carboxylic acids is 1. The van der Waals surface area contributed by atoms with Crippen LogP contribution in [0.3, 0.4) is 0 Å². The molecule has 0 saturated carbocycles. The minimum Gasteiger partial charge on any atom is -0.480 e. The summed E-state index contributed by atoms with van der Waals surface area (Å²) in [6, 6.07) is 9.26. The van der Waals surface area contributed by atoms with Crippen LogP contribution < -0.4 is 10.6 Å². The lowest BCUT2D eigenvalue weighted by atomic mass is 10.2. The number of hydrogen-bond acceptors (Lipinski definition) is 3. The monoisotopic (exact) mass is 192 g/mol. The van der Waals surface area contributed by atoms with E-state index in [-0.39, 0.29) is 6.17 Å². The zero-order chi connectivity index (χ0) is 9.97. The van der Waals surface area contributed by atoms with Gasteiger partial charge in [0.05, 0.1) is 6.17 Å². The van der Waals surface area contributed by atoms with Gasteiger partial charge in [-0.15, -0.1) is 0 Å². The van der Waals surface area contributed by atoms with Crippen molar-refractivity contribution in [1.29, 1.82) is 0 Å². The van der Waals surface area contributed by atoms with Gasteiger partial charge < -0.3 is 5.11 Å². The van der Waals surface area contributed by atoms with Gasteiger partial charge in [0.1, 0.15) is 6.04 Å². The smallest absolute Gasteiger partial charge is 0.322 e. The van der Waals surface area contributed by atoms with E-state index in [4.69, 9.17) is 5.11 Å². The Labute approximate surface area is 81.9 Å². The second-order valence-electron chi connectivity index (χ2n) is 3.31. The van der Waals surface area contributed by atoms with Crippen molar-refractivity contribution in [1.82, 2.24) is 10.6 Å². The van der Waals surface area contributed by atoms with Crippen LogP contribution in [-0.4, -0.2) is 23.7 Å². The molecule has 1 fully saturated rings. The van der Waals surface area contributed by atoms with Gasteiger partial charge in [0.25, 0.3) is 0 Å². The number of rotatable bonds is 2. The first-order valence-corrected chi connectivity index (χ1v) is 4.54. The van der Waals surface area contributed by atoms with Gasteiger partial charge in [-0.3, -0.25) is 15.4 Å². The highest BCUT2D eigenvalue weighted by atomic mass is 16.4. The molecule has 1 heterocycles. The Kier molecular flexibility index (Phi) is 2.47. The lowest BCUT2D eigenvalue weighted by Crippen LogP contribution is -2.33. The molecule has 0 aromatic heterocycles. The van der Waals surface area contributed by atoms with Crippen molar-refractivity contribution >= 4 is 5.97 Å². The van der Waals surface area contributed by atoms with Crippen LogP contribution in [0.1, 0.15) is 11.7 Å². The average Bonchev–Trinajstić information content (AvgIpc) is 2.68. The molecule has 0 amide bonds. The fraction of sp³-hybridized carbons (Fsp3) is 0.300. The predicted octanol–water partition coefficient (Wildman–Crippen LogP) is 0.331. The molecule has 1 aliphatic heterocycles. The third kappa shape index (κ3) is 1.76. The number of nitrogens with one attached hydrogen (secondary N) is 2. The highest BCUT2D eigenvalue weighted by Crippen LogP contribution is 2.14. The van der Waals surface area contributed by atoms with E-state index in [0.717, 1.165) is 5.56 Å². The van der Waals surface area contributed by atoms with Gasteiger partial charge in [0.15, 0.2) is 0 Å². The summed E-state index contributed by atoms with van der Waals surface area (Å²) < 4.78 is 0. The molecule has 14 heavy (non-hydrogen) atoms. The molecule has 0 radical (unpaired) electrons. The van der Waals surface area contributed by atoms with Crippen molar-refractivity contribution in [2.24, 2.45) is 0 Å². The van der Waals surface area contributed by atoms with Gasteiger partial charge in [0, 0.05) is 6.54 Å².